The third-order valence-electron chi connectivity index (χ3n) is 1.37. The lowest BCUT2D eigenvalue weighted by atomic mass is 10.4. The molecule has 0 aliphatic rings. The summed E-state index contributed by atoms with van der Waals surface area (Å²) in [5, 5.41) is 15.5. The fourth-order valence-electron chi connectivity index (χ4n) is 0.881. The molecule has 9 heteroatoms. The Kier molecular flexibility index (Phi) is 2.88. The molecule has 7 nitrogen and oxygen atoms in total. The van der Waals surface area contributed by atoms with Crippen LogP contribution in [0.1, 0.15) is 13.0 Å². The minimum atomic E-state index is -3.52. The van der Waals surface area contributed by atoms with Crippen molar-refractivity contribution in [2.24, 2.45) is 5.14 Å². The predicted molar refractivity (Wildman–Crippen MR) is 47.8 cm³/mol. The molecule has 0 amide bonds. The summed E-state index contributed by atoms with van der Waals surface area (Å²) in [5.74, 6) is -0.217. The Bertz CT molecular complexity index is 385. The van der Waals surface area contributed by atoms with Gasteiger partial charge in [0.05, 0.1) is 11.8 Å². The zero-order valence-corrected chi connectivity index (χ0v) is 8.53. The van der Waals surface area contributed by atoms with Gasteiger partial charge < -0.3 is 0 Å². The number of tetrazole rings is 1. The smallest absolute Gasteiger partial charge is 0.211 e. The van der Waals surface area contributed by atoms with Crippen molar-refractivity contribution < 1.29 is 8.42 Å². The van der Waals surface area contributed by atoms with Gasteiger partial charge in [0, 0.05) is 0 Å². The number of nitrogens with zero attached hydrogens (tertiary/aromatic N) is 4. The van der Waals surface area contributed by atoms with Gasteiger partial charge in [0.15, 0.2) is 0 Å². The van der Waals surface area contributed by atoms with Gasteiger partial charge in [-0.15, -0.1) is 17.7 Å². The molecular weight excluding hydrogens is 214 g/mol. The van der Waals surface area contributed by atoms with E-state index in [1.165, 1.54) is 4.68 Å². The van der Waals surface area contributed by atoms with Crippen molar-refractivity contribution in [1.82, 2.24) is 20.2 Å². The molecule has 74 valence electrons. The minimum absolute atomic E-state index is 0.217. The van der Waals surface area contributed by atoms with Crippen LogP contribution >= 0.6 is 12.6 Å². The zero-order valence-electron chi connectivity index (χ0n) is 6.82. The molecule has 0 bridgehead atoms. The van der Waals surface area contributed by atoms with E-state index in [9.17, 15) is 8.42 Å². The van der Waals surface area contributed by atoms with Gasteiger partial charge in [-0.25, -0.2) is 18.2 Å². The maximum atomic E-state index is 10.7. The highest BCUT2D eigenvalue weighted by Gasteiger charge is 2.15. The van der Waals surface area contributed by atoms with Crippen LogP contribution in [0, 0.1) is 0 Å². The second-order valence-corrected chi connectivity index (χ2v) is 4.66. The van der Waals surface area contributed by atoms with Gasteiger partial charge in [0.2, 0.25) is 15.2 Å². The highest BCUT2D eigenvalue weighted by molar-refractivity contribution is 7.89. The summed E-state index contributed by atoms with van der Waals surface area (Å²) in [6, 6.07) is -0.419. The molecule has 0 aromatic carbocycles. The second-order valence-electron chi connectivity index (χ2n) is 2.60. The van der Waals surface area contributed by atoms with Crippen LogP contribution < -0.4 is 5.14 Å². The normalized spacial score (nSPS) is 14.4. The SMILES string of the molecule is CC(CS(N)(=O)=O)n1nnnc1S. The first-order valence-corrected chi connectivity index (χ1v) is 5.53. The molecule has 0 saturated heterocycles. The summed E-state index contributed by atoms with van der Waals surface area (Å²) in [7, 11) is -3.52. The minimum Gasteiger partial charge on any atom is -0.229 e. The molecule has 1 atom stereocenters. The second kappa shape index (κ2) is 3.60. The summed E-state index contributed by atoms with van der Waals surface area (Å²) in [4.78, 5) is 0. The Balaban J connectivity index is 2.81. The van der Waals surface area contributed by atoms with Crippen molar-refractivity contribution in [3.8, 4) is 0 Å². The van der Waals surface area contributed by atoms with Gasteiger partial charge in [-0.05, 0) is 17.4 Å². The molecule has 13 heavy (non-hydrogen) atoms. The number of aromatic nitrogens is 4. The quantitative estimate of drug-likeness (QED) is 0.627. The molecule has 1 unspecified atom stereocenters. The molecule has 0 fully saturated rings. The first-order chi connectivity index (χ1) is 5.90. The fraction of sp³-hybridized carbons (Fsp3) is 0.750. The van der Waals surface area contributed by atoms with Crippen LogP contribution in [-0.4, -0.2) is 34.4 Å². The van der Waals surface area contributed by atoms with Gasteiger partial charge in [0.25, 0.3) is 0 Å². The van der Waals surface area contributed by atoms with Crippen molar-refractivity contribution in [2.75, 3.05) is 5.75 Å². The van der Waals surface area contributed by atoms with E-state index in [4.69, 9.17) is 5.14 Å². The van der Waals surface area contributed by atoms with Gasteiger partial charge in [-0.2, -0.15) is 0 Å². The topological polar surface area (TPSA) is 104 Å². The molecule has 1 heterocycles. The molecule has 0 spiro atoms. The molecule has 0 saturated carbocycles. The summed E-state index contributed by atoms with van der Waals surface area (Å²) in [6.45, 7) is 1.64. The highest BCUT2D eigenvalue weighted by Crippen LogP contribution is 2.09. The Morgan fingerprint density at radius 1 is 1.69 bits per heavy atom. The fourth-order valence-corrected chi connectivity index (χ4v) is 1.97. The average Bonchev–Trinajstić information content (AvgIpc) is 2.30. The monoisotopic (exact) mass is 223 g/mol. The van der Waals surface area contributed by atoms with E-state index in [1.807, 2.05) is 0 Å². The maximum Gasteiger partial charge on any atom is 0.211 e. The highest BCUT2D eigenvalue weighted by atomic mass is 32.2. The Hall–Kier alpha value is -0.670. The van der Waals surface area contributed by atoms with Crippen LogP contribution in [0.15, 0.2) is 5.16 Å². The van der Waals surface area contributed by atoms with E-state index in [0.29, 0.717) is 0 Å². The number of thiol groups is 1. The van der Waals surface area contributed by atoms with Crippen molar-refractivity contribution in [3.63, 3.8) is 0 Å². The van der Waals surface area contributed by atoms with E-state index in [2.05, 4.69) is 28.2 Å². The van der Waals surface area contributed by atoms with E-state index in [-0.39, 0.29) is 10.9 Å². The van der Waals surface area contributed by atoms with Gasteiger partial charge >= 0.3 is 0 Å². The Morgan fingerprint density at radius 2 is 2.31 bits per heavy atom. The maximum absolute atomic E-state index is 10.7. The lowest BCUT2D eigenvalue weighted by molar-refractivity contribution is 0.473. The Morgan fingerprint density at radius 3 is 2.69 bits per heavy atom. The predicted octanol–water partition coefficient (Wildman–Crippen LogP) is -1.19. The molecule has 1 aromatic heterocycles. The standard InChI is InChI=1S/C4H9N5O2S2/c1-3(2-13(5,10)11)9-4(12)6-7-8-9/h3H,2H2,1H3,(H2,5,10,11)(H,6,8,12). The van der Waals surface area contributed by atoms with Crippen LogP contribution in [0.25, 0.3) is 0 Å². The number of hydrogen-bond donors (Lipinski definition) is 2. The number of rotatable bonds is 3. The third-order valence-corrected chi connectivity index (χ3v) is 2.61. The summed E-state index contributed by atoms with van der Waals surface area (Å²) < 4.78 is 22.7. The van der Waals surface area contributed by atoms with Crippen molar-refractivity contribution in [3.05, 3.63) is 0 Å². The first kappa shape index (κ1) is 10.4. The van der Waals surface area contributed by atoms with Crippen LogP contribution in [-0.2, 0) is 10.0 Å². The van der Waals surface area contributed by atoms with Crippen molar-refractivity contribution in [2.45, 2.75) is 18.1 Å². The molecule has 1 aromatic rings. The van der Waals surface area contributed by atoms with Crippen LogP contribution in [0.3, 0.4) is 0 Å². The molecule has 0 aliphatic heterocycles. The third kappa shape index (κ3) is 2.94. The summed E-state index contributed by atoms with van der Waals surface area (Å²) in [6.07, 6.45) is 0. The molecule has 1 rings (SSSR count). The van der Waals surface area contributed by atoms with Crippen molar-refractivity contribution in [1.29, 1.82) is 0 Å². The summed E-state index contributed by atoms with van der Waals surface area (Å²) in [5.41, 5.74) is 0. The largest absolute Gasteiger partial charge is 0.229 e. The number of primary sulfonamides is 1. The van der Waals surface area contributed by atoms with E-state index < -0.39 is 16.1 Å². The van der Waals surface area contributed by atoms with E-state index in [0.717, 1.165) is 0 Å². The van der Waals surface area contributed by atoms with E-state index in [1.54, 1.807) is 6.92 Å². The van der Waals surface area contributed by atoms with E-state index >= 15 is 0 Å². The molecule has 0 radical (unpaired) electrons. The van der Waals surface area contributed by atoms with Crippen LogP contribution in [0.5, 0.6) is 0 Å². The zero-order chi connectivity index (χ0) is 10.1. The molecule has 2 N–H and O–H groups in total. The first-order valence-electron chi connectivity index (χ1n) is 3.37. The molecular formula is C4H9N5O2S2. The van der Waals surface area contributed by atoms with Crippen molar-refractivity contribution >= 4 is 22.7 Å². The van der Waals surface area contributed by atoms with Gasteiger partial charge in [-0.1, -0.05) is 0 Å². The van der Waals surface area contributed by atoms with Crippen LogP contribution in [0.4, 0.5) is 0 Å². The van der Waals surface area contributed by atoms with Crippen LogP contribution in [0.2, 0.25) is 0 Å². The number of nitrogens with two attached hydrogens (primary N) is 1. The Labute approximate surface area is 80.8 Å². The lowest BCUT2D eigenvalue weighted by Crippen LogP contribution is -2.24. The van der Waals surface area contributed by atoms with Gasteiger partial charge in [-0.3, -0.25) is 0 Å². The number of sulfonamides is 1. The lowest BCUT2D eigenvalue weighted by Gasteiger charge is -2.09. The number of hydrogen-bond acceptors (Lipinski definition) is 6. The average molecular weight is 223 g/mol. The molecule has 0 aliphatic carbocycles. The summed E-state index contributed by atoms with van der Waals surface area (Å²) >= 11 is 3.93. The van der Waals surface area contributed by atoms with Gasteiger partial charge in [0.1, 0.15) is 0 Å².